The summed E-state index contributed by atoms with van der Waals surface area (Å²) >= 11 is 1.61. The summed E-state index contributed by atoms with van der Waals surface area (Å²) in [6, 6.07) is 13.3. The Bertz CT molecular complexity index is 610. The molecule has 17 heavy (non-hydrogen) atoms. The number of fused-ring (bicyclic) bond motifs is 2. The zero-order chi connectivity index (χ0) is 11.8. The van der Waals surface area contributed by atoms with Crippen molar-refractivity contribution in [3.05, 3.63) is 63.7 Å². The van der Waals surface area contributed by atoms with E-state index in [1.807, 2.05) is 18.2 Å². The minimum absolute atomic E-state index is 0.163. The molecule has 0 fully saturated rings. The number of nitro benzene ring substituents is 1. The Morgan fingerprint density at radius 1 is 1.06 bits per heavy atom. The molecule has 1 aliphatic rings. The molecule has 0 aromatic heterocycles. The van der Waals surface area contributed by atoms with Crippen molar-refractivity contribution in [1.82, 2.24) is 0 Å². The molecule has 1 heterocycles. The number of non-ortho nitro benzene ring substituents is 1. The van der Waals surface area contributed by atoms with E-state index in [0.717, 1.165) is 11.3 Å². The van der Waals surface area contributed by atoms with Gasteiger partial charge >= 0.3 is 0 Å². The van der Waals surface area contributed by atoms with Crippen LogP contribution in [-0.2, 0) is 6.42 Å². The number of hydrogen-bond donors (Lipinski definition) is 0. The molecule has 0 saturated heterocycles. The van der Waals surface area contributed by atoms with E-state index in [4.69, 9.17) is 0 Å². The van der Waals surface area contributed by atoms with Crippen molar-refractivity contribution in [3.63, 3.8) is 0 Å². The topological polar surface area (TPSA) is 43.1 Å². The Hall–Kier alpha value is -1.81. The molecule has 0 bridgehead atoms. The van der Waals surface area contributed by atoms with Gasteiger partial charge in [0.2, 0.25) is 0 Å². The van der Waals surface area contributed by atoms with Gasteiger partial charge in [-0.05, 0) is 23.6 Å². The quantitative estimate of drug-likeness (QED) is 0.484. The van der Waals surface area contributed by atoms with E-state index in [-0.39, 0.29) is 10.6 Å². The molecular formula is C13H9NO2S. The SMILES string of the molecule is O=[N+]([O-])c1ccc2c(c1)Sc1ccccc1C2. The van der Waals surface area contributed by atoms with Crippen molar-refractivity contribution >= 4 is 17.4 Å². The van der Waals surface area contributed by atoms with Crippen molar-refractivity contribution in [2.24, 2.45) is 0 Å². The highest BCUT2D eigenvalue weighted by Gasteiger charge is 2.18. The third kappa shape index (κ3) is 1.80. The van der Waals surface area contributed by atoms with Gasteiger partial charge in [-0.3, -0.25) is 10.1 Å². The average Bonchev–Trinajstić information content (AvgIpc) is 2.35. The fraction of sp³-hybridized carbons (Fsp3) is 0.0769. The number of nitrogens with zero attached hydrogens (tertiary/aromatic N) is 1. The van der Waals surface area contributed by atoms with Crippen LogP contribution >= 0.6 is 11.8 Å². The summed E-state index contributed by atoms with van der Waals surface area (Å²) in [4.78, 5) is 12.6. The average molecular weight is 243 g/mol. The summed E-state index contributed by atoms with van der Waals surface area (Å²) in [7, 11) is 0. The van der Waals surface area contributed by atoms with Crippen LogP contribution in [0.3, 0.4) is 0 Å². The predicted molar refractivity (Wildman–Crippen MR) is 66.5 cm³/mol. The van der Waals surface area contributed by atoms with Crippen molar-refractivity contribution < 1.29 is 4.92 Å². The van der Waals surface area contributed by atoms with Crippen molar-refractivity contribution in [2.45, 2.75) is 16.2 Å². The Kier molecular flexibility index (Phi) is 2.37. The Morgan fingerprint density at radius 2 is 1.82 bits per heavy atom. The highest BCUT2D eigenvalue weighted by atomic mass is 32.2. The van der Waals surface area contributed by atoms with Gasteiger partial charge in [0.25, 0.3) is 5.69 Å². The summed E-state index contributed by atoms with van der Waals surface area (Å²) in [6.45, 7) is 0. The van der Waals surface area contributed by atoms with Gasteiger partial charge in [-0.2, -0.15) is 0 Å². The maximum atomic E-state index is 10.7. The molecule has 2 aromatic rings. The Labute approximate surface area is 103 Å². The lowest BCUT2D eigenvalue weighted by Gasteiger charge is -2.18. The first-order valence-electron chi connectivity index (χ1n) is 5.27. The molecule has 0 saturated carbocycles. The summed E-state index contributed by atoms with van der Waals surface area (Å²) in [5.74, 6) is 0. The monoisotopic (exact) mass is 243 g/mol. The maximum Gasteiger partial charge on any atom is 0.270 e. The van der Waals surface area contributed by atoms with Crippen LogP contribution in [0.5, 0.6) is 0 Å². The molecule has 4 heteroatoms. The Balaban J connectivity index is 2.06. The van der Waals surface area contributed by atoms with Crippen LogP contribution < -0.4 is 0 Å². The highest BCUT2D eigenvalue weighted by molar-refractivity contribution is 7.99. The van der Waals surface area contributed by atoms with E-state index >= 15 is 0 Å². The van der Waals surface area contributed by atoms with E-state index in [0.29, 0.717) is 0 Å². The summed E-state index contributed by atoms with van der Waals surface area (Å²) in [6.07, 6.45) is 0.858. The van der Waals surface area contributed by atoms with Crippen LogP contribution in [-0.4, -0.2) is 4.92 Å². The normalized spacial score (nSPS) is 12.7. The zero-order valence-corrected chi connectivity index (χ0v) is 9.74. The van der Waals surface area contributed by atoms with Gasteiger partial charge < -0.3 is 0 Å². The van der Waals surface area contributed by atoms with Gasteiger partial charge in [0.05, 0.1) is 4.92 Å². The molecule has 0 aliphatic carbocycles. The van der Waals surface area contributed by atoms with Crippen LogP contribution in [0.4, 0.5) is 5.69 Å². The highest BCUT2D eigenvalue weighted by Crippen LogP contribution is 2.40. The van der Waals surface area contributed by atoms with Crippen molar-refractivity contribution in [2.75, 3.05) is 0 Å². The van der Waals surface area contributed by atoms with Gasteiger partial charge in [0.1, 0.15) is 0 Å². The summed E-state index contributed by atoms with van der Waals surface area (Å²) < 4.78 is 0. The fourth-order valence-corrected chi connectivity index (χ4v) is 3.08. The summed E-state index contributed by atoms with van der Waals surface area (Å²) in [5.41, 5.74) is 2.62. The molecule has 0 amide bonds. The van der Waals surface area contributed by atoms with Gasteiger partial charge in [-0.25, -0.2) is 0 Å². The van der Waals surface area contributed by atoms with E-state index in [1.54, 1.807) is 23.9 Å². The van der Waals surface area contributed by atoms with E-state index in [9.17, 15) is 10.1 Å². The minimum Gasteiger partial charge on any atom is -0.258 e. The number of nitro groups is 1. The van der Waals surface area contributed by atoms with Gasteiger partial charge in [0, 0.05) is 21.9 Å². The first-order chi connectivity index (χ1) is 8.24. The molecule has 0 N–H and O–H groups in total. The number of benzene rings is 2. The first-order valence-corrected chi connectivity index (χ1v) is 6.09. The molecule has 0 spiro atoms. The van der Waals surface area contributed by atoms with Crippen molar-refractivity contribution in [1.29, 1.82) is 0 Å². The smallest absolute Gasteiger partial charge is 0.258 e. The summed E-state index contributed by atoms with van der Waals surface area (Å²) in [5, 5.41) is 10.7. The molecule has 2 aromatic carbocycles. The standard InChI is InChI=1S/C13H9NO2S/c15-14(16)11-6-5-10-7-9-3-1-2-4-12(9)17-13(10)8-11/h1-6,8H,7H2. The maximum absolute atomic E-state index is 10.7. The third-order valence-corrected chi connectivity index (χ3v) is 4.05. The lowest BCUT2D eigenvalue weighted by Crippen LogP contribution is -2.00. The number of rotatable bonds is 1. The van der Waals surface area contributed by atoms with E-state index in [2.05, 4.69) is 12.1 Å². The molecule has 1 aliphatic heterocycles. The molecule has 0 atom stereocenters. The number of hydrogen-bond acceptors (Lipinski definition) is 3. The van der Waals surface area contributed by atoms with E-state index < -0.39 is 0 Å². The molecule has 3 nitrogen and oxygen atoms in total. The van der Waals surface area contributed by atoms with Crippen LogP contribution in [0.2, 0.25) is 0 Å². The van der Waals surface area contributed by atoms with Gasteiger partial charge in [0.15, 0.2) is 0 Å². The third-order valence-electron chi connectivity index (χ3n) is 2.83. The zero-order valence-electron chi connectivity index (χ0n) is 8.92. The molecule has 0 unspecified atom stereocenters. The minimum atomic E-state index is -0.346. The lowest BCUT2D eigenvalue weighted by atomic mass is 10.0. The molecule has 84 valence electrons. The molecular weight excluding hydrogens is 234 g/mol. The second-order valence-electron chi connectivity index (χ2n) is 3.94. The predicted octanol–water partition coefficient (Wildman–Crippen LogP) is 3.65. The van der Waals surface area contributed by atoms with Crippen LogP contribution in [0.25, 0.3) is 0 Å². The van der Waals surface area contributed by atoms with Gasteiger partial charge in [-0.1, -0.05) is 36.0 Å². The largest absolute Gasteiger partial charge is 0.270 e. The molecule has 3 rings (SSSR count). The van der Waals surface area contributed by atoms with E-state index in [1.165, 1.54) is 16.0 Å². The second kappa shape index (κ2) is 3.89. The van der Waals surface area contributed by atoms with Crippen LogP contribution in [0.1, 0.15) is 11.1 Å². The first kappa shape index (κ1) is 10.4. The fourth-order valence-electron chi connectivity index (χ4n) is 1.97. The van der Waals surface area contributed by atoms with Gasteiger partial charge in [-0.15, -0.1) is 0 Å². The molecule has 0 radical (unpaired) electrons. The Morgan fingerprint density at radius 3 is 2.65 bits per heavy atom. The van der Waals surface area contributed by atoms with Crippen LogP contribution in [0, 0.1) is 10.1 Å². The van der Waals surface area contributed by atoms with Crippen LogP contribution in [0.15, 0.2) is 52.3 Å². The second-order valence-corrected chi connectivity index (χ2v) is 5.02. The lowest BCUT2D eigenvalue weighted by molar-refractivity contribution is -0.385. The van der Waals surface area contributed by atoms with Crippen molar-refractivity contribution in [3.8, 4) is 0 Å².